The van der Waals surface area contributed by atoms with Gasteiger partial charge in [-0.15, -0.1) is 11.3 Å². The van der Waals surface area contributed by atoms with Gasteiger partial charge in [-0.1, -0.05) is 18.2 Å². The van der Waals surface area contributed by atoms with Gasteiger partial charge in [0, 0.05) is 12.2 Å². The number of anilines is 1. The van der Waals surface area contributed by atoms with Crippen molar-refractivity contribution < 1.29 is 8.42 Å². The Labute approximate surface area is 152 Å². The number of nitrogens with two attached hydrogens (primary N) is 1. The van der Waals surface area contributed by atoms with E-state index in [0.29, 0.717) is 10.2 Å². The van der Waals surface area contributed by atoms with Crippen LogP contribution in [0.15, 0.2) is 44.9 Å². The number of thiophene rings is 1. The predicted molar refractivity (Wildman–Crippen MR) is 103 cm³/mol. The molecule has 0 radical (unpaired) electrons. The van der Waals surface area contributed by atoms with E-state index in [-0.39, 0.29) is 13.1 Å². The van der Waals surface area contributed by atoms with Crippen LogP contribution >= 0.6 is 11.3 Å². The first-order valence-electron chi connectivity index (χ1n) is 8.27. The zero-order valence-electron chi connectivity index (χ0n) is 13.9. The Kier molecular flexibility index (Phi) is 5.72. The number of hydrogen-bond donors (Lipinski definition) is 3. The van der Waals surface area contributed by atoms with Crippen LogP contribution in [-0.4, -0.2) is 27.5 Å². The van der Waals surface area contributed by atoms with Crippen LogP contribution in [-0.2, 0) is 22.9 Å². The quantitative estimate of drug-likeness (QED) is 0.408. The van der Waals surface area contributed by atoms with Crippen molar-refractivity contribution in [3.63, 3.8) is 0 Å². The topological polar surface area (TPSA) is 96.6 Å². The van der Waals surface area contributed by atoms with Crippen molar-refractivity contribution in [2.45, 2.75) is 29.9 Å². The highest BCUT2D eigenvalue weighted by Gasteiger charge is 2.14. The van der Waals surface area contributed by atoms with Crippen LogP contribution < -0.4 is 15.8 Å². The first-order valence-corrected chi connectivity index (χ1v) is 10.6. The molecule has 0 atom stereocenters. The Morgan fingerprint density at radius 3 is 2.84 bits per heavy atom. The van der Waals surface area contributed by atoms with Crippen molar-refractivity contribution in [3.8, 4) is 0 Å². The standard InChI is InChI=1S/C17H22N4O2S2/c18-17(19-10-11-20-25(22,23)16-9-4-12-24-16)21-15-8-3-6-13-5-1-2-7-14(13)15/h3-4,6,8-9,12,20H,1-2,5,7,10-11H2,(H3,18,19,21). The van der Waals surface area contributed by atoms with Crippen molar-refractivity contribution in [1.29, 1.82) is 0 Å². The molecule has 0 aliphatic heterocycles. The van der Waals surface area contributed by atoms with E-state index in [1.165, 1.54) is 35.3 Å². The van der Waals surface area contributed by atoms with Gasteiger partial charge in [0.15, 0.2) is 5.96 Å². The van der Waals surface area contributed by atoms with E-state index < -0.39 is 10.0 Å². The van der Waals surface area contributed by atoms with Crippen molar-refractivity contribution in [2.24, 2.45) is 10.7 Å². The molecular formula is C17H22N4O2S2. The molecule has 0 saturated heterocycles. The van der Waals surface area contributed by atoms with Gasteiger partial charge >= 0.3 is 0 Å². The second-order valence-corrected chi connectivity index (χ2v) is 8.81. The summed E-state index contributed by atoms with van der Waals surface area (Å²) in [5.74, 6) is 0.300. The van der Waals surface area contributed by atoms with Gasteiger partial charge in [0.25, 0.3) is 0 Å². The lowest BCUT2D eigenvalue weighted by molar-refractivity contribution is 0.584. The van der Waals surface area contributed by atoms with Gasteiger partial charge in [0.05, 0.1) is 6.54 Å². The molecule has 0 amide bonds. The maximum absolute atomic E-state index is 12.0. The second-order valence-electron chi connectivity index (χ2n) is 5.87. The first kappa shape index (κ1) is 17.9. The highest BCUT2D eigenvalue weighted by molar-refractivity contribution is 7.91. The normalized spacial score (nSPS) is 15.0. The van der Waals surface area contributed by atoms with E-state index in [0.717, 1.165) is 18.5 Å². The van der Waals surface area contributed by atoms with Gasteiger partial charge < -0.3 is 11.1 Å². The zero-order valence-corrected chi connectivity index (χ0v) is 15.5. The molecule has 0 bridgehead atoms. The van der Waals surface area contributed by atoms with E-state index in [1.807, 2.05) is 12.1 Å². The van der Waals surface area contributed by atoms with Crippen molar-refractivity contribution in [3.05, 3.63) is 46.8 Å². The molecule has 1 aromatic carbocycles. The molecule has 0 saturated carbocycles. The third-order valence-electron chi connectivity index (χ3n) is 4.10. The summed E-state index contributed by atoms with van der Waals surface area (Å²) in [6, 6.07) is 9.47. The predicted octanol–water partition coefficient (Wildman–Crippen LogP) is 2.33. The lowest BCUT2D eigenvalue weighted by atomic mass is 9.90. The second kappa shape index (κ2) is 7.99. The largest absolute Gasteiger partial charge is 0.370 e. The molecule has 1 aromatic heterocycles. The van der Waals surface area contributed by atoms with Gasteiger partial charge in [0.1, 0.15) is 4.21 Å². The summed E-state index contributed by atoms with van der Waals surface area (Å²) in [6.07, 6.45) is 4.57. The van der Waals surface area contributed by atoms with E-state index in [4.69, 9.17) is 5.73 Å². The Morgan fingerprint density at radius 1 is 1.20 bits per heavy atom. The Bertz CT molecular complexity index is 846. The Morgan fingerprint density at radius 2 is 2.04 bits per heavy atom. The van der Waals surface area contributed by atoms with E-state index >= 15 is 0 Å². The SMILES string of the molecule is NC(=NCCNS(=O)(=O)c1cccs1)Nc1cccc2c1CCCC2. The minimum atomic E-state index is -3.45. The fourth-order valence-electron chi connectivity index (χ4n) is 2.92. The number of nitrogens with zero attached hydrogens (tertiary/aromatic N) is 1. The number of aryl methyl sites for hydroxylation is 1. The van der Waals surface area contributed by atoms with Gasteiger partial charge in [-0.25, -0.2) is 13.1 Å². The Balaban J connectivity index is 1.55. The molecule has 1 heterocycles. The molecule has 0 unspecified atom stereocenters. The maximum Gasteiger partial charge on any atom is 0.250 e. The molecule has 0 fully saturated rings. The molecular weight excluding hydrogens is 356 g/mol. The summed E-state index contributed by atoms with van der Waals surface area (Å²) in [5, 5.41) is 4.88. The van der Waals surface area contributed by atoms with E-state index in [2.05, 4.69) is 21.1 Å². The van der Waals surface area contributed by atoms with Crippen molar-refractivity contribution in [2.75, 3.05) is 18.4 Å². The lowest BCUT2D eigenvalue weighted by Gasteiger charge is -2.19. The van der Waals surface area contributed by atoms with Crippen LogP contribution in [0, 0.1) is 0 Å². The summed E-state index contributed by atoms with van der Waals surface area (Å²) in [5.41, 5.74) is 9.62. The smallest absolute Gasteiger partial charge is 0.250 e. The molecule has 134 valence electrons. The molecule has 6 nitrogen and oxygen atoms in total. The number of benzene rings is 1. The molecule has 4 N–H and O–H groups in total. The van der Waals surface area contributed by atoms with E-state index in [1.54, 1.807) is 17.5 Å². The number of rotatable bonds is 6. The van der Waals surface area contributed by atoms with Crippen molar-refractivity contribution >= 4 is 33.0 Å². The monoisotopic (exact) mass is 378 g/mol. The average Bonchev–Trinajstić information content (AvgIpc) is 3.15. The Hall–Kier alpha value is -1.90. The van der Waals surface area contributed by atoms with Crippen LogP contribution in [0.2, 0.25) is 0 Å². The summed E-state index contributed by atoms with van der Waals surface area (Å²) >= 11 is 1.19. The lowest BCUT2D eigenvalue weighted by Crippen LogP contribution is -2.28. The van der Waals surface area contributed by atoms with Crippen LogP contribution in [0.5, 0.6) is 0 Å². The first-order chi connectivity index (χ1) is 12.1. The molecule has 8 heteroatoms. The summed E-state index contributed by atoms with van der Waals surface area (Å²) in [6.45, 7) is 0.480. The third kappa shape index (κ3) is 4.59. The summed E-state index contributed by atoms with van der Waals surface area (Å²) < 4.78 is 26.8. The minimum absolute atomic E-state index is 0.204. The maximum atomic E-state index is 12.0. The highest BCUT2D eigenvalue weighted by Crippen LogP contribution is 2.27. The average molecular weight is 379 g/mol. The summed E-state index contributed by atoms with van der Waals surface area (Å²) in [4.78, 5) is 4.21. The van der Waals surface area contributed by atoms with Crippen LogP contribution in [0.3, 0.4) is 0 Å². The van der Waals surface area contributed by atoms with Crippen LogP contribution in [0.4, 0.5) is 5.69 Å². The fourth-order valence-corrected chi connectivity index (χ4v) is 4.98. The van der Waals surface area contributed by atoms with Gasteiger partial charge in [0.2, 0.25) is 10.0 Å². The third-order valence-corrected chi connectivity index (χ3v) is 6.96. The molecule has 1 aliphatic carbocycles. The molecule has 2 aromatic rings. The number of nitrogens with one attached hydrogen (secondary N) is 2. The van der Waals surface area contributed by atoms with Crippen LogP contribution in [0.1, 0.15) is 24.0 Å². The minimum Gasteiger partial charge on any atom is -0.370 e. The number of fused-ring (bicyclic) bond motifs is 1. The summed E-state index contributed by atoms with van der Waals surface area (Å²) in [7, 11) is -3.45. The van der Waals surface area contributed by atoms with E-state index in [9.17, 15) is 8.42 Å². The molecule has 0 spiro atoms. The van der Waals surface area contributed by atoms with Crippen molar-refractivity contribution in [1.82, 2.24) is 4.72 Å². The van der Waals surface area contributed by atoms with Gasteiger partial charge in [-0.3, -0.25) is 4.99 Å². The number of sulfonamides is 1. The molecule has 1 aliphatic rings. The van der Waals surface area contributed by atoms with Gasteiger partial charge in [-0.2, -0.15) is 0 Å². The zero-order chi connectivity index (χ0) is 17.7. The number of guanidine groups is 1. The highest BCUT2D eigenvalue weighted by atomic mass is 32.2. The molecule has 25 heavy (non-hydrogen) atoms. The molecule has 3 rings (SSSR count). The fraction of sp³-hybridized carbons (Fsp3) is 0.353. The van der Waals surface area contributed by atoms with Crippen LogP contribution in [0.25, 0.3) is 0 Å². The number of hydrogen-bond acceptors (Lipinski definition) is 4. The number of aliphatic imine (C=N–C) groups is 1. The van der Waals surface area contributed by atoms with Gasteiger partial charge in [-0.05, 0) is 54.3 Å².